The van der Waals surface area contributed by atoms with Crippen LogP contribution in [-0.4, -0.2) is 59.6 Å². The number of hydrogen-bond acceptors (Lipinski definition) is 6. The minimum Gasteiger partial charge on any atom is -0.483 e. The smallest absolute Gasteiger partial charge is 0.349 e. The van der Waals surface area contributed by atoms with Crippen molar-refractivity contribution in [1.29, 1.82) is 0 Å². The van der Waals surface area contributed by atoms with Crippen LogP contribution in [0.15, 0.2) is 63.2 Å². The summed E-state index contributed by atoms with van der Waals surface area (Å²) in [5.41, 5.74) is -0.182. The highest BCUT2D eigenvalue weighted by Crippen LogP contribution is 2.16. The molecule has 9 nitrogen and oxygen atoms in total. The fourth-order valence-electron chi connectivity index (χ4n) is 3.14. The molecule has 0 radical (unpaired) electrons. The first-order valence-corrected chi connectivity index (χ1v) is 9.49. The molecule has 0 atom stereocenters. The highest BCUT2D eigenvalue weighted by molar-refractivity contribution is 5.84. The van der Waals surface area contributed by atoms with E-state index in [9.17, 15) is 14.4 Å². The van der Waals surface area contributed by atoms with Crippen LogP contribution in [-0.2, 0) is 9.53 Å². The molecule has 2 aromatic carbocycles. The fourth-order valence-corrected chi connectivity index (χ4v) is 3.14. The van der Waals surface area contributed by atoms with Crippen LogP contribution in [0, 0.1) is 0 Å². The van der Waals surface area contributed by atoms with Gasteiger partial charge in [0.1, 0.15) is 5.75 Å². The zero-order valence-corrected chi connectivity index (χ0v) is 16.1. The Hall–Kier alpha value is -3.72. The predicted molar refractivity (Wildman–Crippen MR) is 111 cm³/mol. The number of H-pyrrole nitrogens is 1. The molecule has 154 valence electrons. The highest BCUT2D eigenvalue weighted by atomic mass is 16.5. The van der Waals surface area contributed by atoms with Crippen LogP contribution in [0.4, 0.5) is 0 Å². The van der Waals surface area contributed by atoms with E-state index in [0.29, 0.717) is 48.5 Å². The van der Waals surface area contributed by atoms with E-state index in [1.807, 2.05) is 0 Å². The van der Waals surface area contributed by atoms with Crippen LogP contribution in [0.3, 0.4) is 0 Å². The number of amides is 1. The number of hydrogen-bond donors (Lipinski definition) is 1. The number of nitrogens with one attached hydrogen (secondary N) is 1. The van der Waals surface area contributed by atoms with Crippen LogP contribution in [0.5, 0.6) is 5.75 Å². The Labute approximate surface area is 171 Å². The number of carbonyl (C=O) groups is 1. The second-order valence-electron chi connectivity index (χ2n) is 6.66. The van der Waals surface area contributed by atoms with Crippen molar-refractivity contribution in [3.63, 3.8) is 0 Å². The van der Waals surface area contributed by atoms with Gasteiger partial charge < -0.3 is 19.4 Å². The van der Waals surface area contributed by atoms with E-state index in [-0.39, 0.29) is 12.5 Å². The lowest BCUT2D eigenvalue weighted by molar-refractivity contribution is -0.137. The number of fused-ring (bicyclic) bond motifs is 1. The molecule has 0 aliphatic carbocycles. The molecule has 9 heteroatoms. The SMILES string of the molecule is O=C(COc1ccccc1C=Nn1c(=O)[nH]c2ccccc2c1=O)N1CCOCC1. The third-order valence-corrected chi connectivity index (χ3v) is 4.73. The first kappa shape index (κ1) is 19.6. The van der Waals surface area contributed by atoms with E-state index < -0.39 is 11.2 Å². The van der Waals surface area contributed by atoms with Gasteiger partial charge >= 0.3 is 5.69 Å². The molecule has 0 unspecified atom stereocenters. The molecule has 1 aliphatic rings. The van der Waals surface area contributed by atoms with Crippen molar-refractivity contribution in [3.8, 4) is 5.75 Å². The third kappa shape index (κ3) is 4.15. The summed E-state index contributed by atoms with van der Waals surface area (Å²) < 4.78 is 11.7. The minimum absolute atomic E-state index is 0.124. The van der Waals surface area contributed by atoms with Gasteiger partial charge in [-0.05, 0) is 24.3 Å². The number of aromatic amines is 1. The quantitative estimate of drug-likeness (QED) is 0.629. The van der Waals surface area contributed by atoms with Gasteiger partial charge in [-0.15, -0.1) is 4.68 Å². The van der Waals surface area contributed by atoms with E-state index in [1.165, 1.54) is 6.21 Å². The summed E-state index contributed by atoms with van der Waals surface area (Å²) in [5.74, 6) is 0.292. The monoisotopic (exact) mass is 408 g/mol. The van der Waals surface area contributed by atoms with Gasteiger partial charge in [0, 0.05) is 18.7 Å². The lowest BCUT2D eigenvalue weighted by atomic mass is 10.2. The molecule has 1 aromatic heterocycles. The average Bonchev–Trinajstić information content (AvgIpc) is 2.78. The normalized spacial score (nSPS) is 14.3. The molecule has 30 heavy (non-hydrogen) atoms. The highest BCUT2D eigenvalue weighted by Gasteiger charge is 2.17. The van der Waals surface area contributed by atoms with Gasteiger partial charge in [0.25, 0.3) is 11.5 Å². The van der Waals surface area contributed by atoms with Crippen molar-refractivity contribution in [2.24, 2.45) is 5.10 Å². The molecule has 2 heterocycles. The summed E-state index contributed by atoms with van der Waals surface area (Å²) in [6.45, 7) is 1.99. The maximum atomic E-state index is 12.6. The lowest BCUT2D eigenvalue weighted by Gasteiger charge is -2.26. The van der Waals surface area contributed by atoms with Crippen LogP contribution in [0.1, 0.15) is 5.56 Å². The average molecular weight is 408 g/mol. The van der Waals surface area contributed by atoms with Gasteiger partial charge in [0.05, 0.1) is 30.3 Å². The van der Waals surface area contributed by atoms with Gasteiger partial charge in [-0.25, -0.2) is 4.79 Å². The second kappa shape index (κ2) is 8.75. The Morgan fingerprint density at radius 1 is 1.10 bits per heavy atom. The third-order valence-electron chi connectivity index (χ3n) is 4.73. The molecule has 0 saturated carbocycles. The van der Waals surface area contributed by atoms with Crippen molar-refractivity contribution in [2.75, 3.05) is 32.9 Å². The maximum absolute atomic E-state index is 12.6. The number of nitrogens with zero attached hydrogens (tertiary/aromatic N) is 3. The van der Waals surface area contributed by atoms with E-state index in [0.717, 1.165) is 4.68 Å². The van der Waals surface area contributed by atoms with E-state index >= 15 is 0 Å². The Morgan fingerprint density at radius 2 is 1.83 bits per heavy atom. The number of para-hydroxylation sites is 2. The number of ether oxygens (including phenoxy) is 2. The molecular formula is C21H20N4O5. The molecule has 0 spiro atoms. The standard InChI is InChI=1S/C21H20N4O5/c26-19(24-9-11-29-12-10-24)14-30-18-8-4-1-5-15(18)13-22-25-20(27)16-6-2-3-7-17(16)23-21(25)28/h1-8,13H,9-12,14H2,(H,23,28). The van der Waals surface area contributed by atoms with E-state index in [1.54, 1.807) is 53.4 Å². The first-order valence-electron chi connectivity index (χ1n) is 9.49. The number of morpholine rings is 1. The molecule has 4 rings (SSSR count). The predicted octanol–water partition coefficient (Wildman–Crippen LogP) is 0.810. The summed E-state index contributed by atoms with van der Waals surface area (Å²) in [5, 5.41) is 4.40. The van der Waals surface area contributed by atoms with Crippen LogP contribution in [0.2, 0.25) is 0 Å². The van der Waals surface area contributed by atoms with E-state index in [2.05, 4.69) is 10.1 Å². The molecule has 0 bridgehead atoms. The first-order chi connectivity index (χ1) is 14.6. The van der Waals surface area contributed by atoms with Crippen molar-refractivity contribution < 1.29 is 14.3 Å². The Morgan fingerprint density at radius 3 is 2.67 bits per heavy atom. The minimum atomic E-state index is -0.643. The molecule has 1 fully saturated rings. The zero-order valence-electron chi connectivity index (χ0n) is 16.1. The lowest BCUT2D eigenvalue weighted by Crippen LogP contribution is -2.43. The van der Waals surface area contributed by atoms with Crippen LogP contribution < -0.4 is 16.0 Å². The van der Waals surface area contributed by atoms with Gasteiger partial charge in [-0.1, -0.05) is 24.3 Å². The van der Waals surface area contributed by atoms with Gasteiger partial charge in [-0.2, -0.15) is 5.10 Å². The summed E-state index contributed by atoms with van der Waals surface area (Å²) in [6.07, 6.45) is 1.36. The molecular weight excluding hydrogens is 388 g/mol. The van der Waals surface area contributed by atoms with Crippen molar-refractivity contribution in [3.05, 3.63) is 74.9 Å². The maximum Gasteiger partial charge on any atom is 0.349 e. The van der Waals surface area contributed by atoms with Crippen molar-refractivity contribution in [2.45, 2.75) is 0 Å². The summed E-state index contributed by atoms with van der Waals surface area (Å²) in [7, 11) is 0. The summed E-state index contributed by atoms with van der Waals surface area (Å²) >= 11 is 0. The molecule has 1 saturated heterocycles. The topological polar surface area (TPSA) is 106 Å². The molecule has 3 aromatic rings. The van der Waals surface area contributed by atoms with Crippen molar-refractivity contribution >= 4 is 23.0 Å². The Kier molecular flexibility index (Phi) is 5.71. The van der Waals surface area contributed by atoms with Crippen LogP contribution in [0.25, 0.3) is 10.9 Å². The Balaban J connectivity index is 1.55. The van der Waals surface area contributed by atoms with Crippen LogP contribution >= 0.6 is 0 Å². The van der Waals surface area contributed by atoms with Gasteiger partial charge in [0.15, 0.2) is 6.61 Å². The van der Waals surface area contributed by atoms with Crippen molar-refractivity contribution in [1.82, 2.24) is 14.6 Å². The Bertz CT molecular complexity index is 1210. The number of aromatic nitrogens is 2. The number of benzene rings is 2. The summed E-state index contributed by atoms with van der Waals surface area (Å²) in [4.78, 5) is 41.4. The zero-order chi connectivity index (χ0) is 20.9. The molecule has 1 aliphatic heterocycles. The molecule has 1 amide bonds. The number of carbonyl (C=O) groups excluding carboxylic acids is 1. The fraction of sp³-hybridized carbons (Fsp3) is 0.238. The second-order valence-corrected chi connectivity index (χ2v) is 6.66. The van der Waals surface area contributed by atoms with E-state index in [4.69, 9.17) is 9.47 Å². The van der Waals surface area contributed by atoms with Gasteiger partial charge in [-0.3, -0.25) is 9.59 Å². The largest absolute Gasteiger partial charge is 0.483 e. The molecule has 1 N–H and O–H groups in total. The number of rotatable bonds is 5. The summed E-state index contributed by atoms with van der Waals surface area (Å²) in [6, 6.07) is 13.7. The van der Waals surface area contributed by atoms with Gasteiger partial charge in [0.2, 0.25) is 0 Å².